The van der Waals surface area contributed by atoms with E-state index in [4.69, 9.17) is 14.2 Å². The molecule has 2 aliphatic rings. The van der Waals surface area contributed by atoms with Gasteiger partial charge in [0.1, 0.15) is 0 Å². The molecule has 2 aromatic carbocycles. The van der Waals surface area contributed by atoms with Crippen LogP contribution in [0.15, 0.2) is 48.5 Å². The molecular weight excluding hydrogens is 598 g/mol. The van der Waals surface area contributed by atoms with Crippen LogP contribution in [0.4, 0.5) is 31.1 Å². The zero-order valence-corrected chi connectivity index (χ0v) is 24.3. The number of likely N-dealkylation sites (tertiary alicyclic amines) is 1. The van der Waals surface area contributed by atoms with Gasteiger partial charge in [0.25, 0.3) is 0 Å². The Labute approximate surface area is 250 Å². The largest absolute Gasteiger partial charge is 0.469 e. The summed E-state index contributed by atoms with van der Waals surface area (Å²) >= 11 is 0. The first kappa shape index (κ1) is 34.7. The third-order valence-electron chi connectivity index (χ3n) is 7.70. The van der Waals surface area contributed by atoms with Gasteiger partial charge in [-0.3, -0.25) is 9.59 Å². The number of carbonyl (C=O) groups is 3. The molecular formula is C30H34F6N2O6. The normalized spacial score (nSPS) is 22.2. The van der Waals surface area contributed by atoms with E-state index >= 15 is 0 Å². The van der Waals surface area contributed by atoms with Crippen LogP contribution in [-0.2, 0) is 36.2 Å². The summed E-state index contributed by atoms with van der Waals surface area (Å²) in [4.78, 5) is 36.6. The van der Waals surface area contributed by atoms with Crippen LogP contribution in [0.3, 0.4) is 0 Å². The zero-order valence-electron chi connectivity index (χ0n) is 24.3. The number of piperidine rings is 2. The van der Waals surface area contributed by atoms with Gasteiger partial charge in [0.05, 0.1) is 50.3 Å². The van der Waals surface area contributed by atoms with E-state index in [-0.39, 0.29) is 30.9 Å². The van der Waals surface area contributed by atoms with Crippen molar-refractivity contribution in [2.45, 2.75) is 50.1 Å². The molecule has 4 atom stereocenters. The number of hydrogen-bond donors (Lipinski definition) is 1. The van der Waals surface area contributed by atoms with E-state index in [1.807, 2.05) is 0 Å². The van der Waals surface area contributed by atoms with Crippen molar-refractivity contribution in [3.63, 3.8) is 0 Å². The maximum atomic E-state index is 12.9. The molecule has 2 aliphatic heterocycles. The number of alkyl halides is 6. The van der Waals surface area contributed by atoms with Crippen molar-refractivity contribution in [1.82, 2.24) is 10.2 Å². The Bertz CT molecular complexity index is 1300. The molecule has 0 saturated carbocycles. The summed E-state index contributed by atoms with van der Waals surface area (Å²) in [6.45, 7) is 0.786. The smallest absolute Gasteiger partial charge is 0.416 e. The van der Waals surface area contributed by atoms with Crippen LogP contribution in [0.25, 0.3) is 0 Å². The molecule has 8 nitrogen and oxygen atoms in total. The van der Waals surface area contributed by atoms with E-state index in [1.165, 1.54) is 44.4 Å². The van der Waals surface area contributed by atoms with Crippen molar-refractivity contribution in [2.24, 2.45) is 11.8 Å². The Kier molecular flexibility index (Phi) is 11.6. The second kappa shape index (κ2) is 14.8. The van der Waals surface area contributed by atoms with Gasteiger partial charge >= 0.3 is 30.4 Å². The van der Waals surface area contributed by atoms with Gasteiger partial charge < -0.3 is 24.4 Å². The molecule has 2 heterocycles. The maximum Gasteiger partial charge on any atom is 0.416 e. The Morgan fingerprint density at radius 2 is 1.27 bits per heavy atom. The van der Waals surface area contributed by atoms with Crippen molar-refractivity contribution in [3.05, 3.63) is 70.8 Å². The molecule has 4 rings (SSSR count). The number of nitrogens with zero attached hydrogens (tertiary/aromatic N) is 1. The lowest BCUT2D eigenvalue weighted by molar-refractivity contribution is -0.148. The lowest BCUT2D eigenvalue weighted by Gasteiger charge is -2.38. The van der Waals surface area contributed by atoms with Crippen molar-refractivity contribution in [1.29, 1.82) is 0 Å². The van der Waals surface area contributed by atoms with Crippen molar-refractivity contribution < 1.29 is 54.9 Å². The Hall–Kier alpha value is -3.81. The van der Waals surface area contributed by atoms with Crippen molar-refractivity contribution >= 4 is 18.0 Å². The molecule has 0 aliphatic carbocycles. The SMILES string of the molecule is COC(=O)C1CCN(C(=O)OC)C(c2cccc(C(F)(F)F)c2)C1.COC(=O)C1CCNC(c2cccc(C(F)(F)F)c2)C1. The van der Waals surface area contributed by atoms with Gasteiger partial charge in [-0.2, -0.15) is 26.3 Å². The quantitative estimate of drug-likeness (QED) is 0.240. The summed E-state index contributed by atoms with van der Waals surface area (Å²) in [7, 11) is 3.79. The molecule has 0 aromatic heterocycles. The Balaban J connectivity index is 0.000000244. The lowest BCUT2D eigenvalue weighted by Crippen LogP contribution is -2.42. The third kappa shape index (κ3) is 8.87. The molecule has 0 spiro atoms. The number of nitrogens with one attached hydrogen (secondary N) is 1. The van der Waals surface area contributed by atoms with E-state index in [0.29, 0.717) is 36.9 Å². The van der Waals surface area contributed by atoms with Crippen LogP contribution >= 0.6 is 0 Å². The highest BCUT2D eigenvalue weighted by Gasteiger charge is 2.38. The van der Waals surface area contributed by atoms with Gasteiger partial charge in [-0.05, 0) is 67.6 Å². The molecule has 0 bridgehead atoms. The zero-order chi connectivity index (χ0) is 32.7. The Morgan fingerprint density at radius 1 is 0.750 bits per heavy atom. The highest BCUT2D eigenvalue weighted by molar-refractivity contribution is 5.74. The van der Waals surface area contributed by atoms with Crippen LogP contribution in [0, 0.1) is 11.8 Å². The van der Waals surface area contributed by atoms with Crippen molar-refractivity contribution in [3.8, 4) is 0 Å². The van der Waals surface area contributed by atoms with E-state index < -0.39 is 47.5 Å². The second-order valence-electron chi connectivity index (χ2n) is 10.4. The lowest BCUT2D eigenvalue weighted by atomic mass is 9.87. The average Bonchev–Trinajstić information content (AvgIpc) is 3.03. The predicted octanol–water partition coefficient (Wildman–Crippen LogP) is 6.32. The van der Waals surface area contributed by atoms with Crippen LogP contribution in [0.2, 0.25) is 0 Å². The number of amides is 1. The fraction of sp³-hybridized carbons (Fsp3) is 0.500. The minimum absolute atomic E-state index is 0.184. The summed E-state index contributed by atoms with van der Waals surface area (Å²) in [5.41, 5.74) is -0.612. The number of benzene rings is 2. The molecule has 14 heteroatoms. The fourth-order valence-corrected chi connectivity index (χ4v) is 5.40. The number of rotatable bonds is 4. The van der Waals surface area contributed by atoms with Gasteiger partial charge in [0.2, 0.25) is 0 Å². The number of carbonyl (C=O) groups excluding carboxylic acids is 3. The van der Waals surface area contributed by atoms with Crippen LogP contribution in [0.1, 0.15) is 60.0 Å². The summed E-state index contributed by atoms with van der Waals surface area (Å²) in [6, 6.07) is 9.04. The highest BCUT2D eigenvalue weighted by atomic mass is 19.4. The van der Waals surface area contributed by atoms with E-state index in [1.54, 1.807) is 6.07 Å². The number of halogens is 6. The Morgan fingerprint density at radius 3 is 1.80 bits per heavy atom. The first-order valence-corrected chi connectivity index (χ1v) is 13.8. The molecule has 4 unspecified atom stereocenters. The van der Waals surface area contributed by atoms with Crippen molar-refractivity contribution in [2.75, 3.05) is 34.4 Å². The standard InChI is InChI=1S/C16H18F3NO4.C14H16F3NO2/c1-23-14(21)11-6-7-20(15(22)24-2)13(9-11)10-4-3-5-12(8-10)16(17,18)19;1-20-13(19)10-5-6-18-12(8-10)9-3-2-4-11(7-9)14(15,16)17/h3-5,8,11,13H,6-7,9H2,1-2H3;2-4,7,10,12,18H,5-6,8H2,1H3. The first-order valence-electron chi connectivity index (χ1n) is 13.8. The number of ether oxygens (including phenoxy) is 3. The average molecular weight is 633 g/mol. The first-order chi connectivity index (χ1) is 20.7. The maximum absolute atomic E-state index is 12.9. The van der Waals surface area contributed by atoms with Gasteiger partial charge in [-0.1, -0.05) is 24.3 Å². The molecule has 242 valence electrons. The third-order valence-corrected chi connectivity index (χ3v) is 7.70. The molecule has 2 aromatic rings. The van der Waals surface area contributed by atoms with Gasteiger partial charge in [0.15, 0.2) is 0 Å². The summed E-state index contributed by atoms with van der Waals surface area (Å²) in [5, 5.41) is 3.15. The monoisotopic (exact) mass is 632 g/mol. The minimum Gasteiger partial charge on any atom is -0.469 e. The molecule has 1 amide bonds. The number of methoxy groups -OCH3 is 3. The van der Waals surface area contributed by atoms with Gasteiger partial charge in [-0.25, -0.2) is 4.79 Å². The molecule has 0 radical (unpaired) electrons. The predicted molar refractivity (Wildman–Crippen MR) is 145 cm³/mol. The van der Waals surface area contributed by atoms with E-state index in [9.17, 15) is 40.7 Å². The summed E-state index contributed by atoms with van der Waals surface area (Å²) in [5.74, 6) is -1.48. The van der Waals surface area contributed by atoms with Crippen LogP contribution < -0.4 is 5.32 Å². The molecule has 2 fully saturated rings. The number of esters is 2. The highest BCUT2D eigenvalue weighted by Crippen LogP contribution is 2.38. The molecule has 2 saturated heterocycles. The molecule has 44 heavy (non-hydrogen) atoms. The minimum atomic E-state index is -4.48. The van der Waals surface area contributed by atoms with Crippen LogP contribution in [-0.4, -0.2) is 57.4 Å². The van der Waals surface area contributed by atoms with Gasteiger partial charge in [0, 0.05) is 12.6 Å². The summed E-state index contributed by atoms with van der Waals surface area (Å²) in [6.07, 6.45) is -7.83. The fourth-order valence-electron chi connectivity index (χ4n) is 5.40. The summed E-state index contributed by atoms with van der Waals surface area (Å²) < 4.78 is 91.0. The van der Waals surface area contributed by atoms with Crippen LogP contribution in [0.5, 0.6) is 0 Å². The topological polar surface area (TPSA) is 94.2 Å². The van der Waals surface area contributed by atoms with E-state index in [0.717, 1.165) is 24.3 Å². The second-order valence-corrected chi connectivity index (χ2v) is 10.4. The number of hydrogen-bond acceptors (Lipinski definition) is 7. The molecule has 1 N–H and O–H groups in total. The van der Waals surface area contributed by atoms with Gasteiger partial charge in [-0.15, -0.1) is 0 Å². The van der Waals surface area contributed by atoms with E-state index in [2.05, 4.69) is 5.32 Å².